The van der Waals surface area contributed by atoms with E-state index in [1.807, 2.05) is 66.7 Å². The van der Waals surface area contributed by atoms with Gasteiger partial charge in [-0.05, 0) is 36.2 Å². The summed E-state index contributed by atoms with van der Waals surface area (Å²) in [6.07, 6.45) is 1.44. The van der Waals surface area contributed by atoms with Crippen molar-refractivity contribution >= 4 is 5.91 Å². The molecule has 192 valence electrons. The first-order valence-corrected chi connectivity index (χ1v) is 12.2. The van der Waals surface area contributed by atoms with Gasteiger partial charge in [0.05, 0.1) is 20.8 Å². The lowest BCUT2D eigenvalue weighted by Crippen LogP contribution is -2.28. The average Bonchev–Trinajstić information content (AvgIpc) is 3.41. The number of nitrogens with zero attached hydrogens (tertiary/aromatic N) is 3. The highest BCUT2D eigenvalue weighted by Crippen LogP contribution is 2.30. The summed E-state index contributed by atoms with van der Waals surface area (Å²) in [5.74, 6) is 1.82. The molecule has 37 heavy (non-hydrogen) atoms. The summed E-state index contributed by atoms with van der Waals surface area (Å²) in [6, 6.07) is 25.9. The molecule has 0 aliphatic heterocycles. The molecule has 0 bridgehead atoms. The summed E-state index contributed by atoms with van der Waals surface area (Å²) in [6.45, 7) is 3.61. The number of rotatable bonds is 11. The van der Waals surface area contributed by atoms with Crippen LogP contribution < -0.4 is 9.47 Å². The van der Waals surface area contributed by atoms with Gasteiger partial charge < -0.3 is 18.8 Å². The van der Waals surface area contributed by atoms with Crippen molar-refractivity contribution in [1.82, 2.24) is 14.8 Å². The topological polar surface area (TPSA) is 68.0 Å². The maximum atomic E-state index is 13.0. The lowest BCUT2D eigenvalue weighted by Gasteiger charge is -2.29. The third-order valence-corrected chi connectivity index (χ3v) is 6.41. The SMILES string of the molecule is COc1ccc(OC)c(CN(Cc2nc(C(=O)N(C)Cc3ccccc3)co2)C(C)c2ccccc2)c1. The molecule has 1 amide bonds. The van der Waals surface area contributed by atoms with E-state index in [1.54, 1.807) is 26.2 Å². The van der Waals surface area contributed by atoms with Crippen molar-refractivity contribution in [2.45, 2.75) is 32.6 Å². The summed E-state index contributed by atoms with van der Waals surface area (Å²) in [5.41, 5.74) is 3.49. The average molecular weight is 500 g/mol. The Hall–Kier alpha value is -4.10. The van der Waals surface area contributed by atoms with Crippen LogP contribution in [0.2, 0.25) is 0 Å². The molecule has 0 aliphatic rings. The number of aromatic nitrogens is 1. The van der Waals surface area contributed by atoms with Gasteiger partial charge in [0.15, 0.2) is 5.69 Å². The summed E-state index contributed by atoms with van der Waals surface area (Å²) < 4.78 is 16.9. The molecule has 4 aromatic rings. The van der Waals surface area contributed by atoms with Gasteiger partial charge in [0.1, 0.15) is 17.8 Å². The normalized spacial score (nSPS) is 11.8. The number of hydrogen-bond donors (Lipinski definition) is 0. The third kappa shape index (κ3) is 6.57. The highest BCUT2D eigenvalue weighted by atomic mass is 16.5. The maximum Gasteiger partial charge on any atom is 0.275 e. The zero-order valence-electron chi connectivity index (χ0n) is 21.8. The molecule has 0 radical (unpaired) electrons. The zero-order valence-corrected chi connectivity index (χ0v) is 21.8. The molecule has 0 fully saturated rings. The van der Waals surface area contributed by atoms with Crippen LogP contribution in [0.5, 0.6) is 11.5 Å². The van der Waals surface area contributed by atoms with Gasteiger partial charge in [-0.2, -0.15) is 0 Å². The van der Waals surface area contributed by atoms with Crippen LogP contribution in [0.3, 0.4) is 0 Å². The Kier molecular flexibility index (Phi) is 8.59. The predicted octanol–water partition coefficient (Wildman–Crippen LogP) is 5.73. The second-order valence-electron chi connectivity index (χ2n) is 8.94. The van der Waals surface area contributed by atoms with Crippen molar-refractivity contribution in [2.24, 2.45) is 0 Å². The molecule has 0 N–H and O–H groups in total. The van der Waals surface area contributed by atoms with E-state index >= 15 is 0 Å². The number of carbonyl (C=O) groups is 1. The molecular formula is C30H33N3O4. The third-order valence-electron chi connectivity index (χ3n) is 6.41. The van der Waals surface area contributed by atoms with Crippen LogP contribution in [-0.2, 0) is 19.6 Å². The molecule has 7 heteroatoms. The number of oxazole rings is 1. The smallest absolute Gasteiger partial charge is 0.275 e. The van der Waals surface area contributed by atoms with E-state index < -0.39 is 0 Å². The minimum Gasteiger partial charge on any atom is -0.497 e. The van der Waals surface area contributed by atoms with E-state index in [1.165, 1.54) is 6.26 Å². The van der Waals surface area contributed by atoms with Crippen LogP contribution in [-0.4, -0.2) is 42.0 Å². The van der Waals surface area contributed by atoms with Crippen molar-refractivity contribution < 1.29 is 18.7 Å². The monoisotopic (exact) mass is 499 g/mol. The van der Waals surface area contributed by atoms with Gasteiger partial charge in [-0.1, -0.05) is 60.7 Å². The van der Waals surface area contributed by atoms with E-state index in [-0.39, 0.29) is 11.9 Å². The molecule has 0 aliphatic carbocycles. The summed E-state index contributed by atoms with van der Waals surface area (Å²) in [7, 11) is 5.08. The van der Waals surface area contributed by atoms with E-state index in [0.717, 1.165) is 28.2 Å². The first-order chi connectivity index (χ1) is 18.0. The van der Waals surface area contributed by atoms with Gasteiger partial charge in [0.2, 0.25) is 5.89 Å². The Labute approximate surface area is 218 Å². The molecule has 7 nitrogen and oxygen atoms in total. The van der Waals surface area contributed by atoms with Gasteiger partial charge in [-0.25, -0.2) is 4.98 Å². The van der Waals surface area contributed by atoms with E-state index in [4.69, 9.17) is 13.9 Å². The van der Waals surface area contributed by atoms with Crippen LogP contribution >= 0.6 is 0 Å². The van der Waals surface area contributed by atoms with Crippen LogP contribution in [0.15, 0.2) is 89.5 Å². The Morgan fingerprint density at radius 1 is 0.919 bits per heavy atom. The molecule has 0 saturated heterocycles. The largest absolute Gasteiger partial charge is 0.497 e. The number of amides is 1. The summed E-state index contributed by atoms with van der Waals surface area (Å²) in [4.78, 5) is 21.4. The predicted molar refractivity (Wildman–Crippen MR) is 142 cm³/mol. The Bertz CT molecular complexity index is 1290. The van der Waals surface area contributed by atoms with Crippen molar-refractivity contribution in [3.05, 3.63) is 113 Å². The minimum atomic E-state index is -0.184. The second-order valence-corrected chi connectivity index (χ2v) is 8.94. The minimum absolute atomic E-state index is 0.0453. The first-order valence-electron chi connectivity index (χ1n) is 12.2. The quantitative estimate of drug-likeness (QED) is 0.263. The highest BCUT2D eigenvalue weighted by molar-refractivity contribution is 5.91. The number of methoxy groups -OCH3 is 2. The van der Waals surface area contributed by atoms with Gasteiger partial charge >= 0.3 is 0 Å². The van der Waals surface area contributed by atoms with E-state index in [9.17, 15) is 4.79 Å². The molecule has 1 aromatic heterocycles. The van der Waals surface area contributed by atoms with Crippen LogP contribution in [0.4, 0.5) is 0 Å². The summed E-state index contributed by atoms with van der Waals surface area (Å²) in [5, 5.41) is 0. The maximum absolute atomic E-state index is 13.0. The lowest BCUT2D eigenvalue weighted by atomic mass is 10.1. The van der Waals surface area contributed by atoms with Crippen molar-refractivity contribution in [2.75, 3.05) is 21.3 Å². The second kappa shape index (κ2) is 12.2. The van der Waals surface area contributed by atoms with Crippen molar-refractivity contribution in [3.8, 4) is 11.5 Å². The fourth-order valence-corrected chi connectivity index (χ4v) is 4.28. The van der Waals surface area contributed by atoms with Gasteiger partial charge in [-0.3, -0.25) is 9.69 Å². The van der Waals surface area contributed by atoms with E-state index in [2.05, 4.69) is 28.9 Å². The van der Waals surface area contributed by atoms with Crippen LogP contribution in [0.25, 0.3) is 0 Å². The molecular weight excluding hydrogens is 466 g/mol. The number of carbonyl (C=O) groups excluding carboxylic acids is 1. The van der Waals surface area contributed by atoms with Crippen LogP contribution in [0.1, 0.15) is 46.0 Å². The fourth-order valence-electron chi connectivity index (χ4n) is 4.28. The molecule has 1 heterocycles. The van der Waals surface area contributed by atoms with Crippen molar-refractivity contribution in [1.29, 1.82) is 0 Å². The molecule has 1 atom stereocenters. The highest BCUT2D eigenvalue weighted by Gasteiger charge is 2.23. The number of ether oxygens (including phenoxy) is 2. The lowest BCUT2D eigenvalue weighted by molar-refractivity contribution is 0.0779. The molecule has 1 unspecified atom stereocenters. The number of benzene rings is 3. The van der Waals surface area contributed by atoms with Crippen LogP contribution in [0, 0.1) is 0 Å². The summed E-state index contributed by atoms with van der Waals surface area (Å²) >= 11 is 0. The Morgan fingerprint density at radius 2 is 1.62 bits per heavy atom. The molecule has 3 aromatic carbocycles. The number of hydrogen-bond acceptors (Lipinski definition) is 6. The van der Waals surface area contributed by atoms with Gasteiger partial charge in [-0.15, -0.1) is 0 Å². The molecule has 0 saturated carbocycles. The van der Waals surface area contributed by atoms with Gasteiger partial charge in [0.25, 0.3) is 5.91 Å². The van der Waals surface area contributed by atoms with Gasteiger partial charge in [0, 0.05) is 31.7 Å². The molecule has 0 spiro atoms. The fraction of sp³-hybridized carbons (Fsp3) is 0.267. The van der Waals surface area contributed by atoms with E-state index in [0.29, 0.717) is 31.2 Å². The zero-order chi connectivity index (χ0) is 26.2. The van der Waals surface area contributed by atoms with Crippen molar-refractivity contribution in [3.63, 3.8) is 0 Å². The Balaban J connectivity index is 1.55. The first kappa shape index (κ1) is 26.0. The molecule has 4 rings (SSSR count). The standard InChI is InChI=1S/C30H33N3O4/c1-22(24-13-9-6-10-14-24)33(19-25-17-26(35-3)15-16-28(25)36-4)20-29-31-27(21-37-29)30(34)32(2)18-23-11-7-5-8-12-23/h5-17,21-22H,18-20H2,1-4H3. The Morgan fingerprint density at radius 3 is 2.30 bits per heavy atom.